The van der Waals surface area contributed by atoms with E-state index in [0.29, 0.717) is 0 Å². The normalized spacial score (nSPS) is 19.0. The summed E-state index contributed by atoms with van der Waals surface area (Å²) in [5.41, 5.74) is 1.10. The number of carbonyl (C=O) groups excluding carboxylic acids is 1. The fourth-order valence-corrected chi connectivity index (χ4v) is 2.12. The summed E-state index contributed by atoms with van der Waals surface area (Å²) in [6.45, 7) is 11.8. The zero-order valence-electron chi connectivity index (χ0n) is 14.7. The lowest BCUT2D eigenvalue weighted by Gasteiger charge is -2.32. The van der Waals surface area contributed by atoms with Gasteiger partial charge in [-0.2, -0.15) is 0 Å². The fourth-order valence-electron chi connectivity index (χ4n) is 2.12. The number of hydrogen-bond acceptors (Lipinski definition) is 5. The molecule has 0 aromatic heterocycles. The molecule has 0 amide bonds. The van der Waals surface area contributed by atoms with Gasteiger partial charge in [0.25, 0.3) is 0 Å². The molecule has 1 fully saturated rings. The van der Waals surface area contributed by atoms with Crippen molar-refractivity contribution in [2.75, 3.05) is 0 Å². The van der Waals surface area contributed by atoms with Crippen molar-refractivity contribution in [1.29, 1.82) is 0 Å². The maximum Gasteiger partial charge on any atom is 0.508 e. The number of benzene rings is 1. The fraction of sp³-hybridized carbons (Fsp3) is 0.588. The van der Waals surface area contributed by atoms with Crippen molar-refractivity contribution in [2.24, 2.45) is 0 Å². The first-order valence-corrected chi connectivity index (χ1v) is 7.88. The van der Waals surface area contributed by atoms with E-state index >= 15 is 0 Å². The zero-order valence-corrected chi connectivity index (χ0v) is 14.7. The first-order valence-electron chi connectivity index (χ1n) is 7.88. The SMILES string of the molecule is CC(C)OC(=O)OCc1ccc(B2OC(C)(C)C(C)(C)O2)cc1. The molecule has 1 aliphatic heterocycles. The molecule has 1 heterocycles. The van der Waals surface area contributed by atoms with Crippen LogP contribution >= 0.6 is 0 Å². The highest BCUT2D eigenvalue weighted by atomic mass is 16.7. The van der Waals surface area contributed by atoms with Gasteiger partial charge in [0.2, 0.25) is 0 Å². The van der Waals surface area contributed by atoms with Crippen LogP contribution in [0.4, 0.5) is 4.79 Å². The van der Waals surface area contributed by atoms with Gasteiger partial charge in [-0.05, 0) is 52.6 Å². The van der Waals surface area contributed by atoms with Crippen molar-refractivity contribution in [3.8, 4) is 0 Å². The third-order valence-corrected chi connectivity index (χ3v) is 4.19. The van der Waals surface area contributed by atoms with Crippen LogP contribution in [-0.4, -0.2) is 30.6 Å². The second-order valence-corrected chi connectivity index (χ2v) is 7.04. The molecule has 0 unspecified atom stereocenters. The molecule has 1 aromatic rings. The van der Waals surface area contributed by atoms with E-state index in [9.17, 15) is 4.79 Å². The van der Waals surface area contributed by atoms with Crippen LogP contribution in [-0.2, 0) is 25.4 Å². The Bertz CT molecular complexity index is 535. The van der Waals surface area contributed by atoms with E-state index in [-0.39, 0.29) is 31.0 Å². The van der Waals surface area contributed by atoms with Gasteiger partial charge >= 0.3 is 13.3 Å². The van der Waals surface area contributed by atoms with Crippen LogP contribution in [0.25, 0.3) is 0 Å². The predicted octanol–water partition coefficient (Wildman–Crippen LogP) is 3.05. The summed E-state index contributed by atoms with van der Waals surface area (Å²) in [4.78, 5) is 11.4. The van der Waals surface area contributed by atoms with Crippen molar-refractivity contribution >= 4 is 18.7 Å². The topological polar surface area (TPSA) is 54.0 Å². The minimum Gasteiger partial charge on any atom is -0.432 e. The first-order chi connectivity index (χ1) is 10.6. The maximum absolute atomic E-state index is 11.4. The lowest BCUT2D eigenvalue weighted by molar-refractivity contribution is 0.00578. The van der Waals surface area contributed by atoms with E-state index < -0.39 is 6.16 Å². The van der Waals surface area contributed by atoms with E-state index in [2.05, 4.69) is 0 Å². The molecular formula is C17H25BO5. The summed E-state index contributed by atoms with van der Waals surface area (Å²) in [7, 11) is -0.388. The van der Waals surface area contributed by atoms with Crippen LogP contribution in [0.1, 0.15) is 47.1 Å². The lowest BCUT2D eigenvalue weighted by Crippen LogP contribution is -2.41. The monoisotopic (exact) mass is 320 g/mol. The Kier molecular flexibility index (Phi) is 5.06. The Hall–Kier alpha value is -1.53. The molecule has 1 aromatic carbocycles. The van der Waals surface area contributed by atoms with Crippen LogP contribution < -0.4 is 5.46 Å². The second-order valence-electron chi connectivity index (χ2n) is 7.04. The minimum absolute atomic E-state index is 0.176. The quantitative estimate of drug-likeness (QED) is 0.630. The molecular weight excluding hydrogens is 295 g/mol. The standard InChI is InChI=1S/C17H25BO5/c1-12(2)21-15(19)20-11-13-7-9-14(10-8-13)18-22-16(3,4)17(5,6)23-18/h7-10,12H,11H2,1-6H3. The van der Waals surface area contributed by atoms with Gasteiger partial charge < -0.3 is 18.8 Å². The largest absolute Gasteiger partial charge is 0.508 e. The number of ether oxygens (including phenoxy) is 2. The van der Waals surface area contributed by atoms with Gasteiger partial charge in [-0.1, -0.05) is 24.3 Å². The minimum atomic E-state index is -0.657. The molecule has 0 spiro atoms. The van der Waals surface area contributed by atoms with E-state index in [1.54, 1.807) is 13.8 Å². The van der Waals surface area contributed by atoms with Gasteiger partial charge in [0, 0.05) is 0 Å². The molecule has 6 heteroatoms. The summed E-state index contributed by atoms with van der Waals surface area (Å²) in [5.74, 6) is 0. The van der Waals surface area contributed by atoms with Crippen LogP contribution in [0, 0.1) is 0 Å². The van der Waals surface area contributed by atoms with Crippen LogP contribution in [0.5, 0.6) is 0 Å². The van der Waals surface area contributed by atoms with Gasteiger partial charge in [0.05, 0.1) is 17.3 Å². The van der Waals surface area contributed by atoms with E-state index in [4.69, 9.17) is 18.8 Å². The molecule has 1 aliphatic rings. The van der Waals surface area contributed by atoms with Crippen molar-refractivity contribution < 1.29 is 23.6 Å². The first kappa shape index (κ1) is 17.8. The molecule has 126 valence electrons. The van der Waals surface area contributed by atoms with Crippen molar-refractivity contribution in [1.82, 2.24) is 0 Å². The molecule has 23 heavy (non-hydrogen) atoms. The Morgan fingerprint density at radius 1 is 1.09 bits per heavy atom. The zero-order chi connectivity index (χ0) is 17.3. The van der Waals surface area contributed by atoms with Crippen LogP contribution in [0.3, 0.4) is 0 Å². The van der Waals surface area contributed by atoms with Crippen molar-refractivity contribution in [3.05, 3.63) is 29.8 Å². The molecule has 5 nitrogen and oxygen atoms in total. The third kappa shape index (κ3) is 4.27. The van der Waals surface area contributed by atoms with Gasteiger partial charge in [-0.25, -0.2) is 4.79 Å². The van der Waals surface area contributed by atoms with Gasteiger partial charge in [0.1, 0.15) is 6.61 Å². The highest BCUT2D eigenvalue weighted by Gasteiger charge is 2.51. The summed E-state index contributed by atoms with van der Waals surface area (Å²) in [6.07, 6.45) is -0.844. The summed E-state index contributed by atoms with van der Waals surface area (Å²) in [5, 5.41) is 0. The van der Waals surface area contributed by atoms with Crippen LogP contribution in [0.2, 0.25) is 0 Å². The number of rotatable bonds is 4. The average molecular weight is 320 g/mol. The maximum atomic E-state index is 11.4. The van der Waals surface area contributed by atoms with Crippen molar-refractivity contribution in [3.63, 3.8) is 0 Å². The Morgan fingerprint density at radius 2 is 1.61 bits per heavy atom. The smallest absolute Gasteiger partial charge is 0.432 e. The summed E-state index contributed by atoms with van der Waals surface area (Å²) in [6, 6.07) is 7.63. The van der Waals surface area contributed by atoms with E-state index in [1.165, 1.54) is 0 Å². The van der Waals surface area contributed by atoms with Crippen molar-refractivity contribution in [2.45, 2.75) is 65.5 Å². The number of hydrogen-bond donors (Lipinski definition) is 0. The molecule has 0 N–H and O–H groups in total. The highest BCUT2D eigenvalue weighted by molar-refractivity contribution is 6.62. The highest BCUT2D eigenvalue weighted by Crippen LogP contribution is 2.36. The summed E-state index contributed by atoms with van der Waals surface area (Å²) >= 11 is 0. The second kappa shape index (κ2) is 6.53. The summed E-state index contributed by atoms with van der Waals surface area (Å²) < 4.78 is 22.0. The lowest BCUT2D eigenvalue weighted by atomic mass is 9.79. The molecule has 1 saturated heterocycles. The molecule has 0 aliphatic carbocycles. The van der Waals surface area contributed by atoms with Gasteiger partial charge in [-0.3, -0.25) is 0 Å². The number of carbonyl (C=O) groups is 1. The van der Waals surface area contributed by atoms with Gasteiger partial charge in [-0.15, -0.1) is 0 Å². The molecule has 0 bridgehead atoms. The third-order valence-electron chi connectivity index (χ3n) is 4.19. The van der Waals surface area contributed by atoms with Crippen LogP contribution in [0.15, 0.2) is 24.3 Å². The molecule has 0 saturated carbocycles. The molecule has 2 rings (SSSR count). The van der Waals surface area contributed by atoms with E-state index in [0.717, 1.165) is 11.0 Å². The predicted molar refractivity (Wildman–Crippen MR) is 88.6 cm³/mol. The Labute approximate surface area is 138 Å². The average Bonchev–Trinajstić information content (AvgIpc) is 2.65. The molecule has 0 radical (unpaired) electrons. The Balaban J connectivity index is 1.94. The molecule has 0 atom stereocenters. The van der Waals surface area contributed by atoms with E-state index in [1.807, 2.05) is 52.0 Å². The van der Waals surface area contributed by atoms with Gasteiger partial charge in [0.15, 0.2) is 0 Å². The Morgan fingerprint density at radius 3 is 2.09 bits per heavy atom.